The summed E-state index contributed by atoms with van der Waals surface area (Å²) in [5.41, 5.74) is 3.34. The Bertz CT molecular complexity index is 1440. The molecule has 0 radical (unpaired) electrons. The minimum atomic E-state index is -3.31. The molecule has 0 bridgehead atoms. The first-order valence-electron chi connectivity index (χ1n) is 16.8. The van der Waals surface area contributed by atoms with E-state index in [0.29, 0.717) is 56.6 Å². The number of nitrogens with one attached hydrogen (secondary N) is 1. The van der Waals surface area contributed by atoms with Crippen LogP contribution in [0.25, 0.3) is 0 Å². The molecule has 1 saturated heterocycles. The summed E-state index contributed by atoms with van der Waals surface area (Å²) < 4.78 is 26.7. The highest BCUT2D eigenvalue weighted by Crippen LogP contribution is 2.34. The van der Waals surface area contributed by atoms with E-state index in [9.17, 15) is 18.0 Å². The molecule has 3 aliphatic rings. The highest BCUT2D eigenvalue weighted by molar-refractivity contribution is 7.88. The Balaban J connectivity index is 1.27. The fourth-order valence-corrected chi connectivity index (χ4v) is 8.67. The molecule has 46 heavy (non-hydrogen) atoms. The van der Waals surface area contributed by atoms with Gasteiger partial charge in [-0.15, -0.1) is 0 Å². The molecular weight excluding hydrogens is 622 g/mol. The summed E-state index contributed by atoms with van der Waals surface area (Å²) in [6.45, 7) is 6.08. The number of hydrogen-bond donors (Lipinski definition) is 1. The Morgan fingerprint density at radius 1 is 1.00 bits per heavy atom. The average Bonchev–Trinajstić information content (AvgIpc) is 3.36. The number of sulfonamides is 1. The predicted octanol–water partition coefficient (Wildman–Crippen LogP) is 4.32. The van der Waals surface area contributed by atoms with Crippen LogP contribution in [-0.4, -0.2) is 104 Å². The zero-order valence-corrected chi connectivity index (χ0v) is 29.1. The first-order valence-corrected chi connectivity index (χ1v) is 19.1. The van der Waals surface area contributed by atoms with Gasteiger partial charge in [-0.1, -0.05) is 74.2 Å². The molecule has 2 unspecified atom stereocenters. The summed E-state index contributed by atoms with van der Waals surface area (Å²) in [5.74, 6) is 0.226. The van der Waals surface area contributed by atoms with Gasteiger partial charge in [-0.2, -0.15) is 0 Å². The lowest BCUT2D eigenvalue weighted by Crippen LogP contribution is -2.59. The van der Waals surface area contributed by atoms with Crippen molar-refractivity contribution in [2.24, 2.45) is 5.92 Å². The van der Waals surface area contributed by atoms with Crippen molar-refractivity contribution in [2.45, 2.75) is 76.5 Å². The van der Waals surface area contributed by atoms with Gasteiger partial charge in [0.15, 0.2) is 0 Å². The fourth-order valence-electron chi connectivity index (χ4n) is 7.65. The van der Waals surface area contributed by atoms with E-state index in [2.05, 4.69) is 27.2 Å². The van der Waals surface area contributed by atoms with Crippen LogP contribution in [0.4, 0.5) is 0 Å². The van der Waals surface area contributed by atoms with Crippen molar-refractivity contribution >= 4 is 33.4 Å². The van der Waals surface area contributed by atoms with E-state index in [1.807, 2.05) is 55.3 Å². The maximum Gasteiger partial charge on any atom is 0.245 e. The van der Waals surface area contributed by atoms with Gasteiger partial charge in [0.1, 0.15) is 6.04 Å². The molecule has 1 N–H and O–H groups in total. The second kappa shape index (κ2) is 15.6. The van der Waals surface area contributed by atoms with E-state index in [1.54, 1.807) is 4.31 Å². The minimum absolute atomic E-state index is 0.0302. The smallest absolute Gasteiger partial charge is 0.245 e. The van der Waals surface area contributed by atoms with Gasteiger partial charge < -0.3 is 10.2 Å². The number of likely N-dealkylation sites (N-methyl/N-ethyl adjacent to an activating group) is 1. The van der Waals surface area contributed by atoms with Gasteiger partial charge in [-0.3, -0.25) is 19.4 Å². The maximum atomic E-state index is 14.1. The van der Waals surface area contributed by atoms with Crippen LogP contribution in [-0.2, 0) is 32.6 Å². The predicted molar refractivity (Wildman–Crippen MR) is 183 cm³/mol. The third kappa shape index (κ3) is 8.69. The van der Waals surface area contributed by atoms with E-state index in [-0.39, 0.29) is 30.3 Å². The summed E-state index contributed by atoms with van der Waals surface area (Å²) in [6, 6.07) is 15.1. The zero-order valence-electron chi connectivity index (χ0n) is 27.5. The molecular formula is C35H50ClN5O4S. The van der Waals surface area contributed by atoms with Crippen LogP contribution < -0.4 is 5.32 Å². The number of rotatable bonds is 12. The summed E-state index contributed by atoms with van der Waals surface area (Å²) in [6.07, 6.45) is 7.77. The summed E-state index contributed by atoms with van der Waals surface area (Å²) in [4.78, 5) is 34.1. The van der Waals surface area contributed by atoms with Crippen LogP contribution in [0.2, 0.25) is 5.02 Å². The largest absolute Gasteiger partial charge is 0.344 e. The van der Waals surface area contributed by atoms with Crippen LogP contribution in [0.15, 0.2) is 48.5 Å². The second-order valence-electron chi connectivity index (χ2n) is 13.3. The van der Waals surface area contributed by atoms with E-state index in [0.717, 1.165) is 24.9 Å². The van der Waals surface area contributed by atoms with Gasteiger partial charge in [-0.25, -0.2) is 12.7 Å². The number of hydrogen-bond acceptors (Lipinski definition) is 6. The topological polar surface area (TPSA) is 93.3 Å². The number of piperazine rings is 1. The number of carbonyl (C=O) groups excluding carboxylic acids is 2. The Hall–Kier alpha value is -2.50. The van der Waals surface area contributed by atoms with Crippen molar-refractivity contribution in [1.82, 2.24) is 24.3 Å². The molecule has 1 aliphatic carbocycles. The highest BCUT2D eigenvalue weighted by Gasteiger charge is 2.37. The molecule has 9 nitrogen and oxygen atoms in total. The number of benzene rings is 2. The summed E-state index contributed by atoms with van der Waals surface area (Å²) in [7, 11) is -1.27. The summed E-state index contributed by atoms with van der Waals surface area (Å²) in [5, 5.41) is 3.74. The van der Waals surface area contributed by atoms with E-state index in [1.165, 1.54) is 36.6 Å². The van der Waals surface area contributed by atoms with E-state index >= 15 is 0 Å². The quantitative estimate of drug-likeness (QED) is 0.362. The molecule has 2 heterocycles. The Labute approximate surface area is 280 Å². The van der Waals surface area contributed by atoms with Crippen molar-refractivity contribution in [1.29, 1.82) is 0 Å². The van der Waals surface area contributed by atoms with Crippen molar-refractivity contribution in [3.8, 4) is 0 Å². The van der Waals surface area contributed by atoms with Crippen LogP contribution in [0.3, 0.4) is 0 Å². The highest BCUT2D eigenvalue weighted by atomic mass is 35.5. The first kappa shape index (κ1) is 34.8. The lowest BCUT2D eigenvalue weighted by Gasteiger charge is -2.45. The minimum Gasteiger partial charge on any atom is -0.344 e. The van der Waals surface area contributed by atoms with Crippen molar-refractivity contribution in [3.63, 3.8) is 0 Å². The Morgan fingerprint density at radius 3 is 2.33 bits per heavy atom. The monoisotopic (exact) mass is 671 g/mol. The van der Waals surface area contributed by atoms with Crippen LogP contribution >= 0.6 is 11.6 Å². The van der Waals surface area contributed by atoms with Crippen molar-refractivity contribution < 1.29 is 18.0 Å². The van der Waals surface area contributed by atoms with Crippen LogP contribution in [0, 0.1) is 5.92 Å². The molecule has 11 heteroatoms. The number of nitrogens with zero attached hydrogens (tertiary/aromatic N) is 4. The Kier molecular flexibility index (Phi) is 11.8. The molecule has 0 spiro atoms. The van der Waals surface area contributed by atoms with E-state index < -0.39 is 16.1 Å². The molecule has 2 aromatic rings. The zero-order chi connectivity index (χ0) is 32.8. The molecule has 252 valence electrons. The van der Waals surface area contributed by atoms with Crippen molar-refractivity contribution in [3.05, 3.63) is 70.2 Å². The lowest BCUT2D eigenvalue weighted by atomic mass is 9.83. The van der Waals surface area contributed by atoms with Gasteiger partial charge in [0.05, 0.1) is 6.26 Å². The number of halogens is 1. The van der Waals surface area contributed by atoms with E-state index in [4.69, 9.17) is 11.6 Å². The van der Waals surface area contributed by atoms with Gasteiger partial charge in [0.25, 0.3) is 0 Å². The average molecular weight is 672 g/mol. The standard InChI is InChI=1S/C35H50ClN5O4S/c1-4-41(46(3,44)45)25-33(27-10-6-5-7-11-27)39-18-20-40(21-19-39)35(43)31(22-26-14-16-29(36)17-15-26)37-34(42)23-32-30-13-9-8-12-28(30)24-38(32)2/h8-9,12-17,27,31-33H,4-7,10-11,18-25H2,1-3H3,(H,37,42)/t31-,32?,33?/m1/s1. The SMILES string of the molecule is CCN(CC(C1CCCCC1)N1CCN(C(=O)[C@@H](Cc2ccc(Cl)cc2)NC(=O)CC2c3ccccc3CN2C)CC1)S(C)(=O)=O. The normalized spacial score (nSPS) is 21.2. The van der Waals surface area contributed by atoms with Crippen LogP contribution in [0.5, 0.6) is 0 Å². The summed E-state index contributed by atoms with van der Waals surface area (Å²) >= 11 is 6.14. The molecule has 2 aliphatic heterocycles. The molecule has 2 aromatic carbocycles. The van der Waals surface area contributed by atoms with Crippen molar-refractivity contribution in [2.75, 3.05) is 52.6 Å². The molecule has 1 saturated carbocycles. The number of fused-ring (bicyclic) bond motifs is 1. The van der Waals surface area contributed by atoms with Gasteiger partial charge in [0.2, 0.25) is 21.8 Å². The first-order chi connectivity index (χ1) is 22.0. The van der Waals surface area contributed by atoms with Gasteiger partial charge in [-0.05, 0) is 54.6 Å². The van der Waals surface area contributed by atoms with Gasteiger partial charge >= 0.3 is 0 Å². The molecule has 0 aromatic heterocycles. The van der Waals surface area contributed by atoms with Gasteiger partial charge in [0, 0.05) is 75.8 Å². The molecule has 3 atom stereocenters. The van der Waals surface area contributed by atoms with Crippen LogP contribution in [0.1, 0.15) is 68.2 Å². The molecule has 2 fully saturated rings. The Morgan fingerprint density at radius 2 is 1.67 bits per heavy atom. The fraction of sp³-hybridized carbons (Fsp3) is 0.600. The third-order valence-corrected chi connectivity index (χ3v) is 11.8. The molecule has 2 amide bonds. The lowest BCUT2D eigenvalue weighted by molar-refractivity contribution is -0.138. The second-order valence-corrected chi connectivity index (χ2v) is 15.7. The number of amides is 2. The third-order valence-electron chi connectivity index (χ3n) is 10.2. The number of carbonyl (C=O) groups is 2. The molecule has 5 rings (SSSR count). The maximum absolute atomic E-state index is 14.1.